The molecule has 98 valence electrons. The molecule has 18 heavy (non-hydrogen) atoms. The summed E-state index contributed by atoms with van der Waals surface area (Å²) >= 11 is 0. The van der Waals surface area contributed by atoms with Crippen molar-refractivity contribution in [3.05, 3.63) is 29.6 Å². The highest BCUT2D eigenvalue weighted by Gasteiger charge is 2.07. The highest BCUT2D eigenvalue weighted by molar-refractivity contribution is 5.29. The Morgan fingerprint density at radius 2 is 2.28 bits per heavy atom. The van der Waals surface area contributed by atoms with Gasteiger partial charge in [-0.05, 0) is 37.0 Å². The van der Waals surface area contributed by atoms with E-state index in [1.165, 1.54) is 6.07 Å². The van der Waals surface area contributed by atoms with Gasteiger partial charge in [-0.25, -0.2) is 4.39 Å². The summed E-state index contributed by atoms with van der Waals surface area (Å²) < 4.78 is 19.0. The van der Waals surface area contributed by atoms with Crippen LogP contribution in [0.3, 0.4) is 0 Å². The van der Waals surface area contributed by atoms with Gasteiger partial charge in [-0.3, -0.25) is 0 Å². The molecule has 0 aliphatic rings. The van der Waals surface area contributed by atoms with Crippen molar-refractivity contribution in [2.45, 2.75) is 38.6 Å². The van der Waals surface area contributed by atoms with Gasteiger partial charge in [-0.1, -0.05) is 13.0 Å². The predicted molar refractivity (Wildman–Crippen MR) is 68.7 cm³/mol. The second kappa shape index (κ2) is 7.67. The molecule has 0 fully saturated rings. The van der Waals surface area contributed by atoms with Gasteiger partial charge in [-0.2, -0.15) is 5.26 Å². The molecule has 0 saturated carbocycles. The first kappa shape index (κ1) is 14.5. The van der Waals surface area contributed by atoms with Crippen LogP contribution in [0.15, 0.2) is 18.2 Å². The molecule has 0 bridgehead atoms. The van der Waals surface area contributed by atoms with E-state index in [0.717, 1.165) is 12.0 Å². The SMILES string of the molecule is CCC(N)Cc1ccc(OCCCC#N)c(F)c1. The van der Waals surface area contributed by atoms with Crippen LogP contribution < -0.4 is 10.5 Å². The van der Waals surface area contributed by atoms with Gasteiger partial charge >= 0.3 is 0 Å². The number of halogens is 1. The van der Waals surface area contributed by atoms with Crippen LogP contribution in [-0.4, -0.2) is 12.6 Å². The smallest absolute Gasteiger partial charge is 0.165 e. The lowest BCUT2D eigenvalue weighted by molar-refractivity contribution is 0.297. The van der Waals surface area contributed by atoms with E-state index >= 15 is 0 Å². The fourth-order valence-electron chi connectivity index (χ4n) is 1.57. The monoisotopic (exact) mass is 250 g/mol. The lowest BCUT2D eigenvalue weighted by Crippen LogP contribution is -2.21. The van der Waals surface area contributed by atoms with Crippen LogP contribution in [-0.2, 0) is 6.42 Å². The van der Waals surface area contributed by atoms with E-state index in [4.69, 9.17) is 15.7 Å². The van der Waals surface area contributed by atoms with Crippen LogP contribution in [0.5, 0.6) is 5.75 Å². The van der Waals surface area contributed by atoms with Crippen LogP contribution in [0.2, 0.25) is 0 Å². The molecule has 0 aliphatic carbocycles. The molecule has 2 N–H and O–H groups in total. The van der Waals surface area contributed by atoms with Crippen LogP contribution in [0.25, 0.3) is 0 Å². The average molecular weight is 250 g/mol. The van der Waals surface area contributed by atoms with Crippen molar-refractivity contribution < 1.29 is 9.13 Å². The summed E-state index contributed by atoms with van der Waals surface area (Å²) in [6, 6.07) is 7.00. The van der Waals surface area contributed by atoms with Crippen molar-refractivity contribution in [2.75, 3.05) is 6.61 Å². The first-order valence-electron chi connectivity index (χ1n) is 6.21. The van der Waals surface area contributed by atoms with E-state index in [0.29, 0.717) is 25.9 Å². The zero-order valence-electron chi connectivity index (χ0n) is 10.7. The molecular formula is C14H19FN2O. The molecule has 4 heteroatoms. The van der Waals surface area contributed by atoms with Gasteiger partial charge in [0.1, 0.15) is 0 Å². The average Bonchev–Trinajstić information content (AvgIpc) is 2.36. The Hall–Kier alpha value is -1.60. The molecular weight excluding hydrogens is 231 g/mol. The highest BCUT2D eigenvalue weighted by Crippen LogP contribution is 2.19. The van der Waals surface area contributed by atoms with Gasteiger partial charge in [-0.15, -0.1) is 0 Å². The van der Waals surface area contributed by atoms with Gasteiger partial charge in [0.25, 0.3) is 0 Å². The minimum absolute atomic E-state index is 0.0618. The maximum absolute atomic E-state index is 13.7. The number of hydrogen-bond acceptors (Lipinski definition) is 3. The topological polar surface area (TPSA) is 59.0 Å². The maximum Gasteiger partial charge on any atom is 0.165 e. The summed E-state index contributed by atoms with van der Waals surface area (Å²) in [4.78, 5) is 0. The normalized spacial score (nSPS) is 11.9. The zero-order chi connectivity index (χ0) is 13.4. The van der Waals surface area contributed by atoms with E-state index in [1.54, 1.807) is 6.07 Å². The molecule has 1 rings (SSSR count). The molecule has 0 aliphatic heterocycles. The molecule has 1 atom stereocenters. The summed E-state index contributed by atoms with van der Waals surface area (Å²) in [6.07, 6.45) is 2.57. The number of rotatable bonds is 7. The number of unbranched alkanes of at least 4 members (excludes halogenated alkanes) is 1. The molecule has 0 radical (unpaired) electrons. The van der Waals surface area contributed by atoms with Gasteiger partial charge in [0.05, 0.1) is 12.7 Å². The lowest BCUT2D eigenvalue weighted by Gasteiger charge is -2.11. The van der Waals surface area contributed by atoms with Crippen molar-refractivity contribution in [3.8, 4) is 11.8 Å². The Morgan fingerprint density at radius 1 is 1.50 bits per heavy atom. The van der Waals surface area contributed by atoms with Gasteiger partial charge in [0.2, 0.25) is 0 Å². The summed E-state index contributed by atoms with van der Waals surface area (Å²) in [6.45, 7) is 2.37. The predicted octanol–water partition coefficient (Wildman–Crippen LogP) is 2.79. The summed E-state index contributed by atoms with van der Waals surface area (Å²) in [5.41, 5.74) is 6.70. The largest absolute Gasteiger partial charge is 0.490 e. The molecule has 0 heterocycles. The summed E-state index contributed by atoms with van der Waals surface area (Å²) in [7, 11) is 0. The summed E-state index contributed by atoms with van der Waals surface area (Å²) in [5.74, 6) is -0.130. The molecule has 0 spiro atoms. The number of nitriles is 1. The van der Waals surface area contributed by atoms with Crippen LogP contribution in [0.1, 0.15) is 31.7 Å². The van der Waals surface area contributed by atoms with E-state index in [-0.39, 0.29) is 17.6 Å². The van der Waals surface area contributed by atoms with Gasteiger partial charge in [0.15, 0.2) is 11.6 Å². The van der Waals surface area contributed by atoms with E-state index in [2.05, 4.69) is 0 Å². The zero-order valence-corrected chi connectivity index (χ0v) is 10.7. The Morgan fingerprint density at radius 3 is 2.89 bits per heavy atom. The third-order valence-electron chi connectivity index (χ3n) is 2.71. The van der Waals surface area contributed by atoms with Crippen LogP contribution in [0.4, 0.5) is 4.39 Å². The Balaban J connectivity index is 2.54. The molecule has 0 saturated heterocycles. The standard InChI is InChI=1S/C14H19FN2O/c1-2-12(17)9-11-5-6-14(13(15)10-11)18-8-4-3-7-16/h5-6,10,12H,2-4,8-9,17H2,1H3. The van der Waals surface area contributed by atoms with Crippen molar-refractivity contribution in [2.24, 2.45) is 5.73 Å². The third kappa shape index (κ3) is 4.72. The minimum Gasteiger partial charge on any atom is -0.490 e. The third-order valence-corrected chi connectivity index (χ3v) is 2.71. The molecule has 0 aromatic heterocycles. The molecule has 1 aromatic rings. The molecule has 3 nitrogen and oxygen atoms in total. The second-order valence-corrected chi connectivity index (χ2v) is 4.25. The Kier molecular flexibility index (Phi) is 6.16. The second-order valence-electron chi connectivity index (χ2n) is 4.25. The first-order chi connectivity index (χ1) is 8.67. The van der Waals surface area contributed by atoms with Crippen molar-refractivity contribution in [1.82, 2.24) is 0 Å². The van der Waals surface area contributed by atoms with E-state index in [1.807, 2.05) is 19.1 Å². The highest BCUT2D eigenvalue weighted by atomic mass is 19.1. The van der Waals surface area contributed by atoms with E-state index in [9.17, 15) is 4.39 Å². The molecule has 1 aromatic carbocycles. The number of benzene rings is 1. The summed E-state index contributed by atoms with van der Waals surface area (Å²) in [5, 5.41) is 8.37. The van der Waals surface area contributed by atoms with Crippen molar-refractivity contribution in [3.63, 3.8) is 0 Å². The first-order valence-corrected chi connectivity index (χ1v) is 6.21. The quantitative estimate of drug-likeness (QED) is 0.757. The Labute approximate surface area is 107 Å². The number of nitrogens with two attached hydrogens (primary N) is 1. The van der Waals surface area contributed by atoms with Crippen LogP contribution in [0, 0.1) is 17.1 Å². The number of nitrogens with zero attached hydrogens (tertiary/aromatic N) is 1. The fraction of sp³-hybridized carbons (Fsp3) is 0.500. The van der Waals surface area contributed by atoms with Gasteiger partial charge < -0.3 is 10.5 Å². The van der Waals surface area contributed by atoms with Crippen LogP contribution >= 0.6 is 0 Å². The Bertz CT molecular complexity index is 415. The van der Waals surface area contributed by atoms with E-state index < -0.39 is 0 Å². The van der Waals surface area contributed by atoms with Gasteiger partial charge in [0, 0.05) is 12.5 Å². The fourth-order valence-corrected chi connectivity index (χ4v) is 1.57. The van der Waals surface area contributed by atoms with Crippen molar-refractivity contribution >= 4 is 0 Å². The number of hydrogen-bond donors (Lipinski definition) is 1. The van der Waals surface area contributed by atoms with Crippen molar-refractivity contribution in [1.29, 1.82) is 5.26 Å². The molecule has 0 amide bonds. The minimum atomic E-state index is -0.368. The molecule has 1 unspecified atom stereocenters. The lowest BCUT2D eigenvalue weighted by atomic mass is 10.0. The number of ether oxygens (including phenoxy) is 1. The maximum atomic E-state index is 13.7.